The largest absolute Gasteiger partial charge is 0.319 e. The molecule has 134 valence electrons. The van der Waals surface area contributed by atoms with E-state index in [4.69, 9.17) is 0 Å². The summed E-state index contributed by atoms with van der Waals surface area (Å²) in [5.74, 6) is -1.99. The van der Waals surface area contributed by atoms with Crippen molar-refractivity contribution in [3.8, 4) is 0 Å². The van der Waals surface area contributed by atoms with E-state index >= 15 is 0 Å². The van der Waals surface area contributed by atoms with Gasteiger partial charge in [-0.3, -0.25) is 4.79 Å². The third-order valence-electron chi connectivity index (χ3n) is 4.15. The number of hydrogen-bond acceptors (Lipinski definition) is 3. The van der Waals surface area contributed by atoms with E-state index in [2.05, 4.69) is 15.6 Å². The summed E-state index contributed by atoms with van der Waals surface area (Å²) in [6.45, 7) is 0.509. The van der Waals surface area contributed by atoms with Crippen molar-refractivity contribution in [2.24, 2.45) is 0 Å². The number of anilines is 1. The van der Waals surface area contributed by atoms with Crippen LogP contribution in [0, 0.1) is 11.6 Å². The van der Waals surface area contributed by atoms with E-state index in [1.807, 2.05) is 24.3 Å². The van der Waals surface area contributed by atoms with Crippen molar-refractivity contribution in [2.45, 2.75) is 6.54 Å². The molecule has 4 rings (SSSR count). The standard InChI is InChI=1S/C20H14F2N4O/c21-15-9-10-17(16(22)11-15)23-20(27)14-7-5-13(6-8-14)12-26-19-4-2-1-3-18(19)24-25-26/h1-11H,12H2,(H,23,27). The van der Waals surface area contributed by atoms with E-state index in [1.54, 1.807) is 28.9 Å². The molecule has 1 heterocycles. The molecule has 0 aliphatic rings. The van der Waals surface area contributed by atoms with Gasteiger partial charge in [-0.1, -0.05) is 29.5 Å². The predicted octanol–water partition coefficient (Wildman–Crippen LogP) is 4.01. The number of rotatable bonds is 4. The van der Waals surface area contributed by atoms with Crippen molar-refractivity contribution >= 4 is 22.6 Å². The molecular weight excluding hydrogens is 350 g/mol. The molecule has 0 unspecified atom stereocenters. The molecular formula is C20H14F2N4O. The molecule has 0 saturated carbocycles. The summed E-state index contributed by atoms with van der Waals surface area (Å²) in [7, 11) is 0. The lowest BCUT2D eigenvalue weighted by atomic mass is 10.1. The van der Waals surface area contributed by atoms with Crippen molar-refractivity contribution in [3.63, 3.8) is 0 Å². The molecule has 1 amide bonds. The topological polar surface area (TPSA) is 59.8 Å². The second-order valence-electron chi connectivity index (χ2n) is 6.01. The van der Waals surface area contributed by atoms with Gasteiger partial charge in [-0.15, -0.1) is 5.10 Å². The van der Waals surface area contributed by atoms with E-state index < -0.39 is 17.5 Å². The Bertz CT molecular complexity index is 1120. The number of para-hydroxylation sites is 1. The van der Waals surface area contributed by atoms with E-state index in [9.17, 15) is 13.6 Å². The van der Waals surface area contributed by atoms with E-state index in [0.717, 1.165) is 28.7 Å². The van der Waals surface area contributed by atoms with Crippen LogP contribution in [0.2, 0.25) is 0 Å². The number of aromatic nitrogens is 3. The van der Waals surface area contributed by atoms with Crippen molar-refractivity contribution in [3.05, 3.63) is 89.5 Å². The van der Waals surface area contributed by atoms with Crippen molar-refractivity contribution in [1.82, 2.24) is 15.0 Å². The minimum absolute atomic E-state index is 0.0699. The van der Waals surface area contributed by atoms with Crippen LogP contribution in [-0.2, 0) is 6.54 Å². The molecule has 1 N–H and O–H groups in total. The monoisotopic (exact) mass is 364 g/mol. The van der Waals surface area contributed by atoms with E-state index in [1.165, 1.54) is 6.07 Å². The number of nitrogens with zero attached hydrogens (tertiary/aromatic N) is 3. The minimum Gasteiger partial charge on any atom is -0.319 e. The molecule has 0 aliphatic heterocycles. The fourth-order valence-corrected chi connectivity index (χ4v) is 2.75. The summed E-state index contributed by atoms with van der Waals surface area (Å²) >= 11 is 0. The number of hydrogen-bond donors (Lipinski definition) is 1. The van der Waals surface area contributed by atoms with Crippen LogP contribution in [0.4, 0.5) is 14.5 Å². The first kappa shape index (κ1) is 16.8. The average Bonchev–Trinajstić information content (AvgIpc) is 3.08. The zero-order chi connectivity index (χ0) is 18.8. The maximum atomic E-state index is 13.7. The smallest absolute Gasteiger partial charge is 0.255 e. The van der Waals surface area contributed by atoms with Crippen LogP contribution >= 0.6 is 0 Å². The van der Waals surface area contributed by atoms with Gasteiger partial charge in [0.1, 0.15) is 17.2 Å². The molecule has 4 aromatic rings. The molecule has 27 heavy (non-hydrogen) atoms. The lowest BCUT2D eigenvalue weighted by molar-refractivity contribution is 0.102. The highest BCUT2D eigenvalue weighted by atomic mass is 19.1. The normalized spacial score (nSPS) is 10.9. The van der Waals surface area contributed by atoms with E-state index in [0.29, 0.717) is 12.1 Å². The molecule has 3 aromatic carbocycles. The van der Waals surface area contributed by atoms with Crippen LogP contribution in [0.15, 0.2) is 66.7 Å². The summed E-state index contributed by atoms with van der Waals surface area (Å²) in [5, 5.41) is 10.7. The molecule has 0 atom stereocenters. The third-order valence-corrected chi connectivity index (χ3v) is 4.15. The van der Waals surface area contributed by atoms with Gasteiger partial charge in [0.05, 0.1) is 17.7 Å². The van der Waals surface area contributed by atoms with Crippen molar-refractivity contribution in [2.75, 3.05) is 5.32 Å². The second-order valence-corrected chi connectivity index (χ2v) is 6.01. The SMILES string of the molecule is O=C(Nc1ccc(F)cc1F)c1ccc(Cn2nnc3ccccc32)cc1. The summed E-state index contributed by atoms with van der Waals surface area (Å²) in [5.41, 5.74) is 2.97. The molecule has 0 spiro atoms. The molecule has 0 saturated heterocycles. The Morgan fingerprint density at radius 3 is 2.56 bits per heavy atom. The van der Waals surface area contributed by atoms with Gasteiger partial charge in [0.15, 0.2) is 0 Å². The Balaban J connectivity index is 1.49. The van der Waals surface area contributed by atoms with Gasteiger partial charge in [0, 0.05) is 11.6 Å². The highest BCUT2D eigenvalue weighted by Crippen LogP contribution is 2.17. The number of amides is 1. The molecule has 5 nitrogen and oxygen atoms in total. The Morgan fingerprint density at radius 1 is 1.00 bits per heavy atom. The first-order chi connectivity index (χ1) is 13.1. The third kappa shape index (κ3) is 3.52. The Morgan fingerprint density at radius 2 is 1.78 bits per heavy atom. The number of halogens is 2. The number of benzene rings is 3. The molecule has 0 radical (unpaired) electrons. The second kappa shape index (κ2) is 6.95. The summed E-state index contributed by atoms with van der Waals surface area (Å²) in [6.07, 6.45) is 0. The van der Waals surface area contributed by atoms with Crippen LogP contribution in [0.1, 0.15) is 15.9 Å². The average molecular weight is 364 g/mol. The van der Waals surface area contributed by atoms with Gasteiger partial charge in [-0.05, 0) is 42.0 Å². The van der Waals surface area contributed by atoms with Gasteiger partial charge in [0.2, 0.25) is 0 Å². The van der Waals surface area contributed by atoms with Crippen LogP contribution in [0.3, 0.4) is 0 Å². The fraction of sp³-hybridized carbons (Fsp3) is 0.0500. The first-order valence-corrected chi connectivity index (χ1v) is 8.24. The Hall–Kier alpha value is -3.61. The maximum absolute atomic E-state index is 13.7. The lowest BCUT2D eigenvalue weighted by Gasteiger charge is -2.08. The molecule has 0 bridgehead atoms. The van der Waals surface area contributed by atoms with Crippen LogP contribution in [0.25, 0.3) is 11.0 Å². The van der Waals surface area contributed by atoms with Crippen molar-refractivity contribution < 1.29 is 13.6 Å². The molecule has 1 aromatic heterocycles. The van der Waals surface area contributed by atoms with Gasteiger partial charge >= 0.3 is 0 Å². The Labute approximate surface area is 153 Å². The summed E-state index contributed by atoms with van der Waals surface area (Å²) in [6, 6.07) is 17.5. The highest BCUT2D eigenvalue weighted by Gasteiger charge is 2.11. The number of nitrogens with one attached hydrogen (secondary N) is 1. The predicted molar refractivity (Wildman–Crippen MR) is 97.4 cm³/mol. The lowest BCUT2D eigenvalue weighted by Crippen LogP contribution is -2.13. The Kier molecular flexibility index (Phi) is 4.33. The van der Waals surface area contributed by atoms with Gasteiger partial charge < -0.3 is 5.32 Å². The van der Waals surface area contributed by atoms with Crippen molar-refractivity contribution in [1.29, 1.82) is 0 Å². The zero-order valence-electron chi connectivity index (χ0n) is 14.1. The number of fused-ring (bicyclic) bond motifs is 1. The maximum Gasteiger partial charge on any atom is 0.255 e. The molecule has 7 heteroatoms. The van der Waals surface area contributed by atoms with Crippen LogP contribution in [-0.4, -0.2) is 20.9 Å². The summed E-state index contributed by atoms with van der Waals surface area (Å²) < 4.78 is 28.4. The van der Waals surface area contributed by atoms with Gasteiger partial charge in [-0.25, -0.2) is 13.5 Å². The van der Waals surface area contributed by atoms with Crippen LogP contribution < -0.4 is 5.32 Å². The van der Waals surface area contributed by atoms with E-state index in [-0.39, 0.29) is 5.69 Å². The number of carbonyl (C=O) groups is 1. The zero-order valence-corrected chi connectivity index (χ0v) is 14.1. The summed E-state index contributed by atoms with van der Waals surface area (Å²) in [4.78, 5) is 12.3. The van der Waals surface area contributed by atoms with Gasteiger partial charge in [-0.2, -0.15) is 0 Å². The van der Waals surface area contributed by atoms with Gasteiger partial charge in [0.25, 0.3) is 5.91 Å². The number of carbonyl (C=O) groups excluding carboxylic acids is 1. The first-order valence-electron chi connectivity index (χ1n) is 8.24. The van der Waals surface area contributed by atoms with Crippen LogP contribution in [0.5, 0.6) is 0 Å². The minimum atomic E-state index is -0.821. The fourth-order valence-electron chi connectivity index (χ4n) is 2.75. The molecule has 0 aliphatic carbocycles. The highest BCUT2D eigenvalue weighted by molar-refractivity contribution is 6.04. The quantitative estimate of drug-likeness (QED) is 0.595. The molecule has 0 fully saturated rings.